The summed E-state index contributed by atoms with van der Waals surface area (Å²) in [5, 5.41) is 9.95. The van der Waals surface area contributed by atoms with E-state index in [0.29, 0.717) is 0 Å². The molecule has 0 amide bonds. The number of aromatic nitrogens is 2. The Morgan fingerprint density at radius 2 is 2.20 bits per heavy atom. The van der Waals surface area contributed by atoms with Crippen molar-refractivity contribution in [3.05, 3.63) is 35.4 Å². The number of benzene rings is 1. The van der Waals surface area contributed by atoms with E-state index in [1.165, 1.54) is 12.1 Å². The van der Waals surface area contributed by atoms with E-state index in [4.69, 9.17) is 14.5 Å². The van der Waals surface area contributed by atoms with Gasteiger partial charge in [0.2, 0.25) is 0 Å². The van der Waals surface area contributed by atoms with Crippen LogP contribution in [0.1, 0.15) is 23.1 Å². The Morgan fingerprint density at radius 3 is 2.80 bits per heavy atom. The molecule has 0 aliphatic carbocycles. The van der Waals surface area contributed by atoms with Crippen LogP contribution in [-0.4, -0.2) is 22.7 Å². The number of hydrogen-bond acceptors (Lipinski definition) is 6. The first kappa shape index (κ1) is 15.3. The highest BCUT2D eigenvalue weighted by Gasteiger charge is 2.18. The summed E-state index contributed by atoms with van der Waals surface area (Å²) >= 11 is 0. The molecule has 6 nitrogen and oxygen atoms in total. The van der Waals surface area contributed by atoms with E-state index in [-0.39, 0.29) is 23.9 Å². The van der Waals surface area contributed by atoms with Gasteiger partial charge in [-0.15, -0.1) is 0 Å². The third-order valence-corrected chi connectivity index (χ3v) is 2.24. The lowest BCUT2D eigenvalue weighted by Crippen LogP contribution is -2.06. The first-order valence-electron chi connectivity index (χ1n) is 5.65. The van der Waals surface area contributed by atoms with Gasteiger partial charge in [-0.05, 0) is 36.7 Å². The molecule has 0 atom stereocenters. The molecular formula is C13H12FN3O3. The normalized spacial score (nSPS) is 9.45. The van der Waals surface area contributed by atoms with E-state index in [9.17, 15) is 9.18 Å². The summed E-state index contributed by atoms with van der Waals surface area (Å²) in [6.07, 6.45) is 0. The van der Waals surface area contributed by atoms with Crippen molar-refractivity contribution in [2.45, 2.75) is 13.8 Å². The highest BCUT2D eigenvalue weighted by atomic mass is 19.1. The summed E-state index contributed by atoms with van der Waals surface area (Å²) in [4.78, 5) is 15.1. The van der Waals surface area contributed by atoms with Crippen molar-refractivity contribution >= 4 is 5.97 Å². The zero-order chi connectivity index (χ0) is 15.1. The zero-order valence-electron chi connectivity index (χ0n) is 11.0. The number of hydrogen-bond donors (Lipinski definition) is 0. The maximum Gasteiger partial charge on any atom is 0.379 e. The van der Waals surface area contributed by atoms with Crippen LogP contribution in [0.3, 0.4) is 0 Å². The Kier molecular flexibility index (Phi) is 5.35. The highest BCUT2D eigenvalue weighted by molar-refractivity contribution is 5.85. The number of aryl methyl sites for hydroxylation is 1. The monoisotopic (exact) mass is 277 g/mol. The molecule has 104 valence electrons. The fourth-order valence-electron chi connectivity index (χ4n) is 1.41. The molecule has 0 saturated carbocycles. The lowest BCUT2D eigenvalue weighted by molar-refractivity contribution is 0.0508. The number of nitriles is 1. The average Bonchev–Trinajstić information content (AvgIpc) is 2.91. The predicted octanol–water partition coefficient (Wildman–Crippen LogP) is 2.50. The predicted molar refractivity (Wildman–Crippen MR) is 67.1 cm³/mol. The molecule has 1 aromatic heterocycles. The number of ether oxygens (including phenoxy) is 1. The largest absolute Gasteiger partial charge is 0.460 e. The van der Waals surface area contributed by atoms with E-state index < -0.39 is 11.8 Å². The maximum atomic E-state index is 13.7. The SMILES string of the molecule is C#N.CCOC(=O)c1noc(-c2ccc(C)cc2F)n1. The molecule has 0 bridgehead atoms. The quantitative estimate of drug-likeness (QED) is 0.801. The van der Waals surface area contributed by atoms with Gasteiger partial charge in [0, 0.05) is 6.57 Å². The molecule has 1 heterocycles. The summed E-state index contributed by atoms with van der Waals surface area (Å²) in [6.45, 7) is 7.14. The lowest BCUT2D eigenvalue weighted by Gasteiger charge is -1.98. The Bertz CT molecular complexity index is 622. The van der Waals surface area contributed by atoms with Gasteiger partial charge < -0.3 is 9.26 Å². The van der Waals surface area contributed by atoms with Gasteiger partial charge in [0.1, 0.15) is 5.82 Å². The Balaban J connectivity index is 0.000000956. The molecule has 0 aliphatic heterocycles. The van der Waals surface area contributed by atoms with E-state index >= 15 is 0 Å². The van der Waals surface area contributed by atoms with Crippen molar-refractivity contribution in [2.75, 3.05) is 6.61 Å². The molecule has 0 unspecified atom stereocenters. The minimum atomic E-state index is -0.694. The average molecular weight is 277 g/mol. The van der Waals surface area contributed by atoms with Crippen LogP contribution >= 0.6 is 0 Å². The van der Waals surface area contributed by atoms with Gasteiger partial charge >= 0.3 is 5.97 Å². The number of rotatable bonds is 3. The number of nitrogens with zero attached hydrogens (tertiary/aromatic N) is 3. The standard InChI is InChI=1S/C12H11FN2O3.CHN/c1-3-17-12(16)10-14-11(18-15-10)8-5-4-7(2)6-9(8)13;1-2/h4-6H,3H2,1-2H3;1H. The summed E-state index contributed by atoms with van der Waals surface area (Å²) < 4.78 is 23.2. The van der Waals surface area contributed by atoms with Crippen LogP contribution < -0.4 is 0 Å². The molecule has 0 aliphatic rings. The van der Waals surface area contributed by atoms with Crippen LogP contribution in [0.15, 0.2) is 22.7 Å². The molecular weight excluding hydrogens is 265 g/mol. The van der Waals surface area contributed by atoms with Crippen molar-refractivity contribution in [3.63, 3.8) is 0 Å². The van der Waals surface area contributed by atoms with Crippen molar-refractivity contribution in [3.8, 4) is 18.0 Å². The number of carbonyl (C=O) groups excluding carboxylic acids is 1. The van der Waals surface area contributed by atoms with E-state index in [1.54, 1.807) is 19.9 Å². The van der Waals surface area contributed by atoms with Gasteiger partial charge in [0.05, 0.1) is 12.2 Å². The maximum absolute atomic E-state index is 13.7. The van der Waals surface area contributed by atoms with Gasteiger partial charge in [-0.1, -0.05) is 6.07 Å². The molecule has 2 aromatic rings. The van der Waals surface area contributed by atoms with Gasteiger partial charge in [-0.25, -0.2) is 14.4 Å². The molecule has 0 saturated heterocycles. The Hall–Kier alpha value is -2.75. The minimum Gasteiger partial charge on any atom is -0.460 e. The molecule has 0 spiro atoms. The van der Waals surface area contributed by atoms with E-state index in [2.05, 4.69) is 16.7 Å². The first-order valence-corrected chi connectivity index (χ1v) is 5.65. The number of halogens is 1. The van der Waals surface area contributed by atoms with Crippen LogP contribution in [-0.2, 0) is 4.74 Å². The van der Waals surface area contributed by atoms with Crippen LogP contribution in [0.4, 0.5) is 4.39 Å². The van der Waals surface area contributed by atoms with Gasteiger partial charge in [-0.2, -0.15) is 4.98 Å². The summed E-state index contributed by atoms with van der Waals surface area (Å²) in [5.74, 6) is -1.43. The summed E-state index contributed by atoms with van der Waals surface area (Å²) in [6, 6.07) is 4.59. The number of esters is 1. The third kappa shape index (κ3) is 3.38. The fourth-order valence-corrected chi connectivity index (χ4v) is 1.41. The summed E-state index contributed by atoms with van der Waals surface area (Å²) in [5.41, 5.74) is 0.935. The highest BCUT2D eigenvalue weighted by Crippen LogP contribution is 2.21. The molecule has 0 N–H and O–H groups in total. The van der Waals surface area contributed by atoms with Crippen LogP contribution in [0.25, 0.3) is 11.5 Å². The van der Waals surface area contributed by atoms with Crippen molar-refractivity contribution in [2.24, 2.45) is 0 Å². The second kappa shape index (κ2) is 6.99. The van der Waals surface area contributed by atoms with Crippen molar-refractivity contribution in [1.29, 1.82) is 5.26 Å². The minimum absolute atomic E-state index is 0.0458. The zero-order valence-corrected chi connectivity index (χ0v) is 11.0. The molecule has 20 heavy (non-hydrogen) atoms. The Morgan fingerprint density at radius 1 is 1.50 bits per heavy atom. The van der Waals surface area contributed by atoms with Crippen LogP contribution in [0, 0.1) is 24.6 Å². The Labute approximate surface area is 114 Å². The molecule has 1 aromatic carbocycles. The molecule has 0 radical (unpaired) electrons. The van der Waals surface area contributed by atoms with Gasteiger partial charge in [0.25, 0.3) is 11.7 Å². The van der Waals surface area contributed by atoms with Crippen LogP contribution in [0.5, 0.6) is 0 Å². The van der Waals surface area contributed by atoms with Gasteiger partial charge in [-0.3, -0.25) is 0 Å². The van der Waals surface area contributed by atoms with Crippen LogP contribution in [0.2, 0.25) is 0 Å². The molecule has 0 fully saturated rings. The molecule has 7 heteroatoms. The lowest BCUT2D eigenvalue weighted by atomic mass is 10.1. The van der Waals surface area contributed by atoms with Gasteiger partial charge in [0.15, 0.2) is 0 Å². The van der Waals surface area contributed by atoms with Crippen molar-refractivity contribution < 1.29 is 18.4 Å². The second-order valence-electron chi connectivity index (χ2n) is 3.63. The number of carbonyl (C=O) groups is 1. The van der Waals surface area contributed by atoms with E-state index in [1.807, 2.05) is 0 Å². The summed E-state index contributed by atoms with van der Waals surface area (Å²) in [7, 11) is 0. The van der Waals surface area contributed by atoms with Crippen molar-refractivity contribution in [1.82, 2.24) is 10.1 Å². The second-order valence-corrected chi connectivity index (χ2v) is 3.63. The smallest absolute Gasteiger partial charge is 0.379 e. The third-order valence-electron chi connectivity index (χ3n) is 2.24. The van der Waals surface area contributed by atoms with E-state index in [0.717, 1.165) is 5.56 Å². The topological polar surface area (TPSA) is 89.0 Å². The fraction of sp³-hybridized carbons (Fsp3) is 0.231. The first-order chi connectivity index (χ1) is 9.61. The molecule has 2 rings (SSSR count).